The third-order valence-electron chi connectivity index (χ3n) is 6.76. The first kappa shape index (κ1) is 20.7. The third kappa shape index (κ3) is 3.77. The highest BCUT2D eigenvalue weighted by molar-refractivity contribution is 6.19. The van der Waals surface area contributed by atoms with Gasteiger partial charge in [-0.05, 0) is 62.6 Å². The number of rotatable bonds is 5. The van der Waals surface area contributed by atoms with Gasteiger partial charge in [-0.15, -0.1) is 0 Å². The second-order valence-corrected chi connectivity index (χ2v) is 8.91. The van der Waals surface area contributed by atoms with Crippen molar-refractivity contribution in [1.29, 1.82) is 0 Å². The van der Waals surface area contributed by atoms with Gasteiger partial charge in [0, 0.05) is 31.2 Å². The smallest absolute Gasteiger partial charge is 0.311 e. The van der Waals surface area contributed by atoms with Crippen molar-refractivity contribution in [2.75, 3.05) is 31.1 Å². The van der Waals surface area contributed by atoms with Gasteiger partial charge in [-0.25, -0.2) is 4.79 Å². The maximum atomic E-state index is 12.6. The summed E-state index contributed by atoms with van der Waals surface area (Å²) < 4.78 is 1.92. The average Bonchev–Trinajstić information content (AvgIpc) is 3.11. The molecule has 32 heavy (non-hydrogen) atoms. The summed E-state index contributed by atoms with van der Waals surface area (Å²) in [5, 5.41) is 0. The molecule has 2 aliphatic rings. The maximum absolute atomic E-state index is 12.6. The molecular formula is C25H28N4O3. The van der Waals surface area contributed by atoms with Crippen molar-refractivity contribution >= 4 is 28.4 Å². The van der Waals surface area contributed by atoms with Gasteiger partial charge < -0.3 is 14.8 Å². The van der Waals surface area contributed by atoms with Gasteiger partial charge in [-0.1, -0.05) is 18.2 Å². The fraction of sp³-hybridized carbons (Fsp3) is 0.400. The van der Waals surface area contributed by atoms with E-state index in [-0.39, 0.29) is 29.8 Å². The van der Waals surface area contributed by atoms with Crippen LogP contribution in [0.15, 0.2) is 47.3 Å². The largest absolute Gasteiger partial charge is 0.326 e. The Morgan fingerprint density at radius 1 is 1.00 bits per heavy atom. The topological polar surface area (TPSA) is 78.4 Å². The maximum Gasteiger partial charge on any atom is 0.326 e. The van der Waals surface area contributed by atoms with E-state index >= 15 is 0 Å². The summed E-state index contributed by atoms with van der Waals surface area (Å²) in [4.78, 5) is 44.3. The molecule has 0 atom stereocenters. The van der Waals surface area contributed by atoms with Crippen LogP contribution in [0, 0.1) is 6.92 Å². The molecule has 1 saturated heterocycles. The van der Waals surface area contributed by atoms with Gasteiger partial charge in [-0.2, -0.15) is 0 Å². The summed E-state index contributed by atoms with van der Waals surface area (Å²) in [6.07, 6.45) is 2.67. The van der Waals surface area contributed by atoms with Gasteiger partial charge in [0.15, 0.2) is 5.78 Å². The van der Waals surface area contributed by atoms with E-state index < -0.39 is 0 Å². The normalized spacial score (nSPS) is 17.8. The van der Waals surface area contributed by atoms with Gasteiger partial charge in [0.2, 0.25) is 5.91 Å². The molecule has 0 unspecified atom stereocenters. The minimum atomic E-state index is -0.110. The van der Waals surface area contributed by atoms with E-state index in [2.05, 4.69) is 16.0 Å². The summed E-state index contributed by atoms with van der Waals surface area (Å²) in [5.41, 5.74) is 4.38. The van der Waals surface area contributed by atoms with Crippen molar-refractivity contribution in [2.24, 2.45) is 0 Å². The minimum Gasteiger partial charge on any atom is -0.311 e. The molecule has 1 fully saturated rings. The highest BCUT2D eigenvalue weighted by Gasteiger charge is 2.29. The monoisotopic (exact) mass is 432 g/mol. The van der Waals surface area contributed by atoms with Crippen LogP contribution >= 0.6 is 0 Å². The molecule has 5 rings (SSSR count). The number of likely N-dealkylation sites (tertiary alicyclic amines) is 1. The van der Waals surface area contributed by atoms with Crippen LogP contribution in [0.5, 0.6) is 0 Å². The molecule has 1 N–H and O–H groups in total. The third-order valence-corrected chi connectivity index (χ3v) is 6.76. The number of carbonyl (C=O) groups excluding carboxylic acids is 2. The molecule has 3 aromatic rings. The van der Waals surface area contributed by atoms with Crippen molar-refractivity contribution < 1.29 is 9.59 Å². The summed E-state index contributed by atoms with van der Waals surface area (Å²) in [6.45, 7) is 5.40. The van der Waals surface area contributed by atoms with E-state index in [4.69, 9.17) is 0 Å². The number of carbonyl (C=O) groups is 2. The van der Waals surface area contributed by atoms with E-state index in [1.807, 2.05) is 41.8 Å². The quantitative estimate of drug-likeness (QED) is 0.628. The van der Waals surface area contributed by atoms with Crippen LogP contribution in [-0.4, -0.2) is 52.3 Å². The first-order valence-electron chi connectivity index (χ1n) is 11.4. The first-order valence-corrected chi connectivity index (χ1v) is 11.4. The van der Waals surface area contributed by atoms with Gasteiger partial charge in [-0.3, -0.25) is 14.2 Å². The Kier molecular flexibility index (Phi) is 5.43. The number of H-pyrrole nitrogens is 1. The highest BCUT2D eigenvalue weighted by Crippen LogP contribution is 2.28. The number of para-hydroxylation sites is 1. The molecule has 0 saturated carbocycles. The first-order chi connectivity index (χ1) is 15.5. The summed E-state index contributed by atoms with van der Waals surface area (Å²) in [6, 6.07) is 13.7. The van der Waals surface area contributed by atoms with Crippen molar-refractivity contribution in [1.82, 2.24) is 14.5 Å². The molecule has 2 aliphatic heterocycles. The SMILES string of the molecule is Cc1ccc2c(c1)[nH]c(=O)n2C1CCN(CCCN2C(=O)CC(=O)c3ccccc32)CC1. The van der Waals surface area contributed by atoms with E-state index in [0.29, 0.717) is 12.1 Å². The van der Waals surface area contributed by atoms with Crippen LogP contribution in [0.4, 0.5) is 5.69 Å². The molecule has 0 aliphatic carbocycles. The van der Waals surface area contributed by atoms with Crippen molar-refractivity contribution in [3.8, 4) is 0 Å². The number of piperidine rings is 1. The second-order valence-electron chi connectivity index (χ2n) is 8.91. The number of amides is 1. The molecule has 0 bridgehead atoms. The van der Waals surface area contributed by atoms with Crippen LogP contribution < -0.4 is 10.6 Å². The average molecular weight is 433 g/mol. The zero-order valence-electron chi connectivity index (χ0n) is 18.3. The van der Waals surface area contributed by atoms with E-state index in [0.717, 1.165) is 61.2 Å². The summed E-state index contributed by atoms with van der Waals surface area (Å²) in [7, 11) is 0. The Morgan fingerprint density at radius 3 is 2.59 bits per heavy atom. The molecule has 0 spiro atoms. The summed E-state index contributed by atoms with van der Waals surface area (Å²) in [5.74, 6) is -0.201. The molecule has 7 heteroatoms. The lowest BCUT2D eigenvalue weighted by Gasteiger charge is -2.33. The van der Waals surface area contributed by atoms with Crippen LogP contribution in [0.25, 0.3) is 11.0 Å². The van der Waals surface area contributed by atoms with Crippen molar-refractivity contribution in [3.05, 3.63) is 64.1 Å². The fourth-order valence-corrected chi connectivity index (χ4v) is 5.11. The summed E-state index contributed by atoms with van der Waals surface area (Å²) >= 11 is 0. The number of ketones is 1. The van der Waals surface area contributed by atoms with Crippen molar-refractivity contribution in [3.63, 3.8) is 0 Å². The van der Waals surface area contributed by atoms with Crippen LogP contribution in [-0.2, 0) is 4.79 Å². The number of imidazole rings is 1. The number of aryl methyl sites for hydroxylation is 1. The van der Waals surface area contributed by atoms with Crippen molar-refractivity contribution in [2.45, 2.75) is 38.6 Å². The van der Waals surface area contributed by atoms with Gasteiger partial charge in [0.05, 0.1) is 23.1 Å². The Bertz CT molecular complexity index is 1230. The number of Topliss-reactive ketones (excluding diaryl/α,β-unsaturated/α-hetero) is 1. The molecule has 0 radical (unpaired) electrons. The number of nitrogens with one attached hydrogen (secondary N) is 1. The van der Waals surface area contributed by atoms with Gasteiger partial charge in [0.25, 0.3) is 0 Å². The number of anilines is 1. The Morgan fingerprint density at radius 2 is 1.78 bits per heavy atom. The number of hydrogen-bond donors (Lipinski definition) is 1. The Hall–Kier alpha value is -3.19. The number of aromatic nitrogens is 2. The lowest BCUT2D eigenvalue weighted by Crippen LogP contribution is -2.41. The number of hydrogen-bond acceptors (Lipinski definition) is 4. The van der Waals surface area contributed by atoms with E-state index in [9.17, 15) is 14.4 Å². The fourth-order valence-electron chi connectivity index (χ4n) is 5.11. The molecule has 7 nitrogen and oxygen atoms in total. The standard InChI is InChI=1S/C25H28N4O3/c1-17-7-8-22-20(15-17)26-25(32)29(22)18-9-13-27(14-10-18)11-4-12-28-21-6-3-2-5-19(21)23(30)16-24(28)31/h2-3,5-8,15,18H,4,9-14,16H2,1H3,(H,26,32). The molecule has 166 valence electrons. The molecule has 1 aromatic heterocycles. The zero-order valence-corrected chi connectivity index (χ0v) is 18.3. The van der Waals surface area contributed by atoms with Crippen LogP contribution in [0.2, 0.25) is 0 Å². The predicted molar refractivity (Wildman–Crippen MR) is 124 cm³/mol. The number of nitrogens with zero attached hydrogens (tertiary/aromatic N) is 3. The number of fused-ring (bicyclic) bond motifs is 2. The van der Waals surface area contributed by atoms with Gasteiger partial charge in [0.1, 0.15) is 0 Å². The molecular weight excluding hydrogens is 404 g/mol. The minimum absolute atomic E-state index is 0.0270. The Balaban J connectivity index is 1.19. The molecule has 1 amide bonds. The number of aromatic amines is 1. The lowest BCUT2D eigenvalue weighted by atomic mass is 9.99. The number of benzene rings is 2. The van der Waals surface area contributed by atoms with E-state index in [1.165, 1.54) is 0 Å². The lowest BCUT2D eigenvalue weighted by molar-refractivity contribution is -0.118. The predicted octanol–water partition coefficient (Wildman–Crippen LogP) is 3.28. The van der Waals surface area contributed by atoms with Crippen LogP contribution in [0.3, 0.4) is 0 Å². The highest BCUT2D eigenvalue weighted by atomic mass is 16.2. The van der Waals surface area contributed by atoms with E-state index in [1.54, 1.807) is 11.0 Å². The molecule has 3 heterocycles. The Labute approximate surface area is 186 Å². The van der Waals surface area contributed by atoms with Gasteiger partial charge >= 0.3 is 5.69 Å². The zero-order chi connectivity index (χ0) is 22.2. The second kappa shape index (κ2) is 8.39. The van der Waals surface area contributed by atoms with Crippen LogP contribution in [0.1, 0.15) is 47.6 Å². The molecule has 2 aromatic carbocycles.